The summed E-state index contributed by atoms with van der Waals surface area (Å²) in [7, 11) is 0. The Kier molecular flexibility index (Phi) is 4.46. The molecule has 5 heteroatoms. The molecule has 0 aliphatic carbocycles. The molecule has 0 radical (unpaired) electrons. The lowest BCUT2D eigenvalue weighted by atomic mass is 9.75. The Bertz CT molecular complexity index is 644. The van der Waals surface area contributed by atoms with Crippen LogP contribution in [-0.2, 0) is 0 Å². The van der Waals surface area contributed by atoms with E-state index < -0.39 is 0 Å². The van der Waals surface area contributed by atoms with Crippen molar-refractivity contribution < 1.29 is 4.79 Å². The van der Waals surface area contributed by atoms with Crippen LogP contribution in [0.15, 0.2) is 36.9 Å². The molecular formula is C18H24N4O. The van der Waals surface area contributed by atoms with Gasteiger partial charge in [0.15, 0.2) is 0 Å². The third-order valence-electron chi connectivity index (χ3n) is 5.25. The van der Waals surface area contributed by atoms with Crippen molar-refractivity contribution in [2.75, 3.05) is 13.1 Å². The van der Waals surface area contributed by atoms with Gasteiger partial charge in [-0.3, -0.25) is 4.79 Å². The standard InChI is InChI=1S/C18H24N4O/c1-3-18(4-2)10-5-11-21(12-18)17(23)15-6-8-16(9-7-15)22-14-19-13-20-22/h6-9,13-14H,3-5,10-12H2,1-2H3. The van der Waals surface area contributed by atoms with E-state index in [9.17, 15) is 4.79 Å². The fourth-order valence-corrected chi connectivity index (χ4v) is 3.49. The maximum atomic E-state index is 12.8. The number of piperidine rings is 1. The molecule has 0 bridgehead atoms. The lowest BCUT2D eigenvalue weighted by Crippen LogP contribution is -2.45. The molecular weight excluding hydrogens is 288 g/mol. The molecule has 1 aromatic heterocycles. The van der Waals surface area contributed by atoms with Crippen LogP contribution in [0.2, 0.25) is 0 Å². The van der Waals surface area contributed by atoms with Gasteiger partial charge in [0.25, 0.3) is 5.91 Å². The normalized spacial score (nSPS) is 17.2. The van der Waals surface area contributed by atoms with Gasteiger partial charge in [0, 0.05) is 18.7 Å². The molecule has 0 unspecified atom stereocenters. The second-order valence-electron chi connectivity index (χ2n) is 6.42. The Balaban J connectivity index is 1.75. The van der Waals surface area contributed by atoms with E-state index in [-0.39, 0.29) is 5.91 Å². The average Bonchev–Trinajstić information content (AvgIpc) is 3.16. The predicted octanol–water partition coefficient (Wildman–Crippen LogP) is 3.31. The molecule has 0 N–H and O–H groups in total. The number of carbonyl (C=O) groups is 1. The Morgan fingerprint density at radius 1 is 1.22 bits per heavy atom. The molecule has 122 valence electrons. The maximum Gasteiger partial charge on any atom is 0.253 e. The minimum Gasteiger partial charge on any atom is -0.338 e. The summed E-state index contributed by atoms with van der Waals surface area (Å²) in [5.41, 5.74) is 1.96. The average molecular weight is 312 g/mol. The van der Waals surface area contributed by atoms with E-state index in [1.54, 1.807) is 11.0 Å². The number of amides is 1. The van der Waals surface area contributed by atoms with Crippen molar-refractivity contribution in [3.8, 4) is 5.69 Å². The lowest BCUT2D eigenvalue weighted by molar-refractivity contribution is 0.0488. The molecule has 2 heterocycles. The van der Waals surface area contributed by atoms with Gasteiger partial charge in [0.2, 0.25) is 0 Å². The molecule has 1 aromatic carbocycles. The highest BCUT2D eigenvalue weighted by molar-refractivity contribution is 5.94. The van der Waals surface area contributed by atoms with Crippen LogP contribution in [0.25, 0.3) is 5.69 Å². The zero-order valence-corrected chi connectivity index (χ0v) is 13.9. The summed E-state index contributed by atoms with van der Waals surface area (Å²) >= 11 is 0. The van der Waals surface area contributed by atoms with E-state index in [4.69, 9.17) is 0 Å². The molecule has 1 saturated heterocycles. The summed E-state index contributed by atoms with van der Waals surface area (Å²) in [4.78, 5) is 18.8. The van der Waals surface area contributed by atoms with Gasteiger partial charge in [-0.15, -0.1) is 0 Å². The van der Waals surface area contributed by atoms with Crippen molar-refractivity contribution in [1.29, 1.82) is 0 Å². The van der Waals surface area contributed by atoms with Crippen molar-refractivity contribution in [3.63, 3.8) is 0 Å². The van der Waals surface area contributed by atoms with Crippen LogP contribution < -0.4 is 0 Å². The van der Waals surface area contributed by atoms with Crippen LogP contribution >= 0.6 is 0 Å². The fraction of sp³-hybridized carbons (Fsp3) is 0.500. The quantitative estimate of drug-likeness (QED) is 0.870. The highest BCUT2D eigenvalue weighted by Crippen LogP contribution is 2.36. The van der Waals surface area contributed by atoms with Crippen LogP contribution in [0.3, 0.4) is 0 Å². The van der Waals surface area contributed by atoms with Crippen molar-refractivity contribution in [2.24, 2.45) is 5.41 Å². The molecule has 0 saturated carbocycles. The number of hydrogen-bond donors (Lipinski definition) is 0. The van der Waals surface area contributed by atoms with E-state index in [2.05, 4.69) is 23.9 Å². The number of likely N-dealkylation sites (tertiary alicyclic amines) is 1. The lowest BCUT2D eigenvalue weighted by Gasteiger charge is -2.42. The monoisotopic (exact) mass is 312 g/mol. The minimum atomic E-state index is 0.140. The topological polar surface area (TPSA) is 51.0 Å². The van der Waals surface area contributed by atoms with Gasteiger partial charge in [-0.05, 0) is 55.4 Å². The number of rotatable bonds is 4. The van der Waals surface area contributed by atoms with Crippen molar-refractivity contribution >= 4 is 5.91 Å². The summed E-state index contributed by atoms with van der Waals surface area (Å²) in [6.45, 7) is 6.23. The van der Waals surface area contributed by atoms with Gasteiger partial charge in [-0.25, -0.2) is 9.67 Å². The number of nitrogens with zero attached hydrogens (tertiary/aromatic N) is 4. The predicted molar refractivity (Wildman–Crippen MR) is 89.5 cm³/mol. The third kappa shape index (κ3) is 3.14. The fourth-order valence-electron chi connectivity index (χ4n) is 3.49. The minimum absolute atomic E-state index is 0.140. The molecule has 1 fully saturated rings. The number of carbonyl (C=O) groups excluding carboxylic acids is 1. The number of aromatic nitrogens is 3. The molecule has 0 spiro atoms. The molecule has 1 amide bonds. The summed E-state index contributed by atoms with van der Waals surface area (Å²) in [5.74, 6) is 0.140. The molecule has 1 aliphatic heterocycles. The Hall–Kier alpha value is -2.17. The Labute approximate surface area is 137 Å². The zero-order chi connectivity index (χ0) is 16.3. The van der Waals surface area contributed by atoms with E-state index in [0.717, 1.165) is 43.6 Å². The summed E-state index contributed by atoms with van der Waals surface area (Å²) in [6.07, 6.45) is 7.76. The molecule has 5 nitrogen and oxygen atoms in total. The molecule has 3 rings (SSSR count). The van der Waals surface area contributed by atoms with E-state index in [0.29, 0.717) is 5.41 Å². The van der Waals surface area contributed by atoms with Crippen LogP contribution in [0.1, 0.15) is 49.9 Å². The van der Waals surface area contributed by atoms with Gasteiger partial charge in [0.1, 0.15) is 12.7 Å². The second-order valence-corrected chi connectivity index (χ2v) is 6.42. The second kappa shape index (κ2) is 6.52. The van der Waals surface area contributed by atoms with E-state index >= 15 is 0 Å². The van der Waals surface area contributed by atoms with Crippen LogP contribution in [0, 0.1) is 5.41 Å². The molecule has 1 aliphatic rings. The van der Waals surface area contributed by atoms with Crippen LogP contribution in [0.5, 0.6) is 0 Å². The first-order chi connectivity index (χ1) is 11.2. The van der Waals surface area contributed by atoms with E-state index in [1.807, 2.05) is 29.2 Å². The first-order valence-corrected chi connectivity index (χ1v) is 8.42. The summed E-state index contributed by atoms with van der Waals surface area (Å²) < 4.78 is 1.69. The highest BCUT2D eigenvalue weighted by Gasteiger charge is 2.34. The van der Waals surface area contributed by atoms with Crippen molar-refractivity contribution in [1.82, 2.24) is 19.7 Å². The molecule has 23 heavy (non-hydrogen) atoms. The summed E-state index contributed by atoms with van der Waals surface area (Å²) in [6, 6.07) is 7.60. The zero-order valence-electron chi connectivity index (χ0n) is 13.9. The van der Waals surface area contributed by atoms with Gasteiger partial charge in [0.05, 0.1) is 5.69 Å². The van der Waals surface area contributed by atoms with Crippen molar-refractivity contribution in [2.45, 2.75) is 39.5 Å². The maximum absolute atomic E-state index is 12.8. The highest BCUT2D eigenvalue weighted by atomic mass is 16.2. The van der Waals surface area contributed by atoms with Gasteiger partial charge >= 0.3 is 0 Å². The SMILES string of the molecule is CCC1(CC)CCCN(C(=O)c2ccc(-n3cncn3)cc2)C1. The van der Waals surface area contributed by atoms with Gasteiger partial charge < -0.3 is 4.90 Å². The Morgan fingerprint density at radius 3 is 2.57 bits per heavy atom. The molecule has 2 aromatic rings. The van der Waals surface area contributed by atoms with Crippen LogP contribution in [-0.4, -0.2) is 38.7 Å². The largest absolute Gasteiger partial charge is 0.338 e. The first kappa shape index (κ1) is 15.7. The molecule has 0 atom stereocenters. The third-order valence-corrected chi connectivity index (χ3v) is 5.25. The van der Waals surface area contributed by atoms with Crippen LogP contribution in [0.4, 0.5) is 0 Å². The van der Waals surface area contributed by atoms with Gasteiger partial charge in [-0.1, -0.05) is 13.8 Å². The number of benzene rings is 1. The van der Waals surface area contributed by atoms with Crippen molar-refractivity contribution in [3.05, 3.63) is 42.5 Å². The number of hydrogen-bond acceptors (Lipinski definition) is 3. The first-order valence-electron chi connectivity index (χ1n) is 8.42. The summed E-state index contributed by atoms with van der Waals surface area (Å²) in [5, 5.41) is 4.10. The van der Waals surface area contributed by atoms with Gasteiger partial charge in [-0.2, -0.15) is 5.10 Å². The smallest absolute Gasteiger partial charge is 0.253 e. The Morgan fingerprint density at radius 2 is 1.96 bits per heavy atom. The van der Waals surface area contributed by atoms with E-state index in [1.165, 1.54) is 12.7 Å².